The fraction of sp³-hybridized carbons (Fsp3) is 0.462. The van der Waals surface area contributed by atoms with Crippen molar-refractivity contribution >= 4 is 23.2 Å². The van der Waals surface area contributed by atoms with E-state index < -0.39 is 5.60 Å². The van der Waals surface area contributed by atoms with Crippen molar-refractivity contribution in [3.63, 3.8) is 0 Å². The monoisotopic (exact) mass is 284 g/mol. The largest absolute Gasteiger partial charge is 0.398 e. The highest BCUT2D eigenvalue weighted by molar-refractivity contribution is 6.36. The van der Waals surface area contributed by atoms with E-state index >= 15 is 0 Å². The number of carbonyl (C=O) groups is 1. The zero-order valence-corrected chi connectivity index (χ0v) is 11.4. The first kappa shape index (κ1) is 14.1. The Morgan fingerprint density at radius 1 is 1.68 bits per heavy atom. The van der Waals surface area contributed by atoms with Crippen LogP contribution in [0.5, 0.6) is 0 Å². The molecule has 0 saturated carbocycles. The Balaban J connectivity index is 2.04. The van der Waals surface area contributed by atoms with Crippen LogP contribution in [0.4, 0.5) is 5.69 Å². The minimum absolute atomic E-state index is 0.123. The average Bonchev–Trinajstić information content (AvgIpc) is 2.71. The molecular formula is C13H17ClN2O3. The molecule has 0 aromatic heterocycles. The van der Waals surface area contributed by atoms with Crippen molar-refractivity contribution in [2.24, 2.45) is 0 Å². The lowest BCUT2D eigenvalue weighted by Gasteiger charge is -2.26. The van der Waals surface area contributed by atoms with Gasteiger partial charge in [0.1, 0.15) is 5.60 Å². The minimum Gasteiger partial charge on any atom is -0.398 e. The number of carbonyl (C=O) groups excluding carboxylic acids is 1. The number of nitrogens with two attached hydrogens (primary N) is 1. The van der Waals surface area contributed by atoms with E-state index in [9.17, 15) is 9.90 Å². The van der Waals surface area contributed by atoms with Crippen LogP contribution >= 0.6 is 11.6 Å². The highest BCUT2D eigenvalue weighted by Gasteiger charge is 2.39. The molecule has 2 atom stereocenters. The van der Waals surface area contributed by atoms with Gasteiger partial charge < -0.3 is 20.9 Å². The van der Waals surface area contributed by atoms with Gasteiger partial charge in [0.25, 0.3) is 5.91 Å². The molecule has 0 aliphatic carbocycles. The van der Waals surface area contributed by atoms with Crippen molar-refractivity contribution in [3.8, 4) is 0 Å². The molecule has 2 unspecified atom stereocenters. The predicted octanol–water partition coefficient (Wildman–Crippen LogP) is 1.19. The lowest BCUT2D eigenvalue weighted by molar-refractivity contribution is -0.0251. The Bertz CT molecular complexity index is 495. The van der Waals surface area contributed by atoms with Gasteiger partial charge in [0.2, 0.25) is 0 Å². The molecule has 4 N–H and O–H groups in total. The number of ether oxygens (including phenoxy) is 1. The third kappa shape index (κ3) is 2.83. The first-order chi connectivity index (χ1) is 8.94. The number of hydrogen-bond donors (Lipinski definition) is 3. The van der Waals surface area contributed by atoms with E-state index in [2.05, 4.69) is 5.32 Å². The molecule has 1 aromatic carbocycles. The second-order valence-electron chi connectivity index (χ2n) is 4.76. The number of anilines is 1. The zero-order valence-electron chi connectivity index (χ0n) is 10.6. The second-order valence-corrected chi connectivity index (χ2v) is 5.14. The predicted molar refractivity (Wildman–Crippen MR) is 73.2 cm³/mol. The summed E-state index contributed by atoms with van der Waals surface area (Å²) in [6.45, 7) is 2.40. The summed E-state index contributed by atoms with van der Waals surface area (Å²) >= 11 is 5.97. The maximum absolute atomic E-state index is 12.0. The highest BCUT2D eigenvalue weighted by Crippen LogP contribution is 2.26. The Morgan fingerprint density at radius 3 is 3.05 bits per heavy atom. The number of nitrogen functional groups attached to an aromatic ring is 1. The Morgan fingerprint density at radius 2 is 2.42 bits per heavy atom. The fourth-order valence-corrected chi connectivity index (χ4v) is 2.27. The molecule has 1 fully saturated rings. The van der Waals surface area contributed by atoms with Crippen molar-refractivity contribution in [2.45, 2.75) is 25.0 Å². The molecule has 6 heteroatoms. The number of hydrogen-bond acceptors (Lipinski definition) is 4. The second kappa shape index (κ2) is 5.36. The molecule has 1 aromatic rings. The molecule has 104 valence electrons. The van der Waals surface area contributed by atoms with Gasteiger partial charge in [-0.2, -0.15) is 0 Å². The normalized spacial score (nSPS) is 26.4. The van der Waals surface area contributed by atoms with E-state index in [0.29, 0.717) is 24.3 Å². The van der Waals surface area contributed by atoms with Crippen LogP contribution in [0.2, 0.25) is 5.02 Å². The maximum Gasteiger partial charge on any atom is 0.252 e. The Hall–Kier alpha value is -1.30. The van der Waals surface area contributed by atoms with E-state index in [1.165, 1.54) is 0 Å². The maximum atomic E-state index is 12.0. The van der Waals surface area contributed by atoms with Crippen LogP contribution in [0, 0.1) is 0 Å². The lowest BCUT2D eigenvalue weighted by Crippen LogP contribution is -2.47. The van der Waals surface area contributed by atoms with Crippen LogP contribution in [0.1, 0.15) is 23.7 Å². The summed E-state index contributed by atoms with van der Waals surface area (Å²) in [6, 6.07) is 4.87. The van der Waals surface area contributed by atoms with Crippen molar-refractivity contribution in [3.05, 3.63) is 28.8 Å². The molecule has 0 radical (unpaired) electrons. The fourth-order valence-electron chi connectivity index (χ4n) is 2.06. The van der Waals surface area contributed by atoms with Crippen LogP contribution in [0.3, 0.4) is 0 Å². The molecule has 5 nitrogen and oxygen atoms in total. The molecule has 1 amide bonds. The van der Waals surface area contributed by atoms with Gasteiger partial charge in [0.05, 0.1) is 22.4 Å². The van der Waals surface area contributed by atoms with Crippen LogP contribution < -0.4 is 11.1 Å². The molecule has 0 bridgehead atoms. The zero-order chi connectivity index (χ0) is 14.0. The minimum atomic E-state index is -1.03. The summed E-state index contributed by atoms with van der Waals surface area (Å²) in [6.07, 6.45) is 0.197. The van der Waals surface area contributed by atoms with E-state index in [1.807, 2.05) is 0 Å². The van der Waals surface area contributed by atoms with Crippen molar-refractivity contribution in [1.29, 1.82) is 0 Å². The smallest absolute Gasteiger partial charge is 0.252 e. The molecule has 19 heavy (non-hydrogen) atoms. The first-order valence-electron chi connectivity index (χ1n) is 6.10. The highest BCUT2D eigenvalue weighted by atomic mass is 35.5. The topological polar surface area (TPSA) is 84.6 Å². The third-order valence-corrected chi connectivity index (χ3v) is 3.91. The van der Waals surface area contributed by atoms with E-state index in [4.69, 9.17) is 22.1 Å². The number of rotatable bonds is 3. The summed E-state index contributed by atoms with van der Waals surface area (Å²) in [5, 5.41) is 13.2. The standard InChI is InChI=1S/C13H17ClN2O3/c1-8-13(18,5-6-19-8)7-16-12(17)9-3-2-4-10(15)11(9)14/h2-4,8,18H,5-7,15H2,1H3,(H,16,17). The lowest BCUT2D eigenvalue weighted by atomic mass is 9.96. The van der Waals surface area contributed by atoms with Gasteiger partial charge >= 0.3 is 0 Å². The van der Waals surface area contributed by atoms with Gasteiger partial charge in [-0.1, -0.05) is 17.7 Å². The van der Waals surface area contributed by atoms with Gasteiger partial charge in [-0.15, -0.1) is 0 Å². The third-order valence-electron chi connectivity index (χ3n) is 3.49. The molecule has 1 saturated heterocycles. The van der Waals surface area contributed by atoms with E-state index in [0.717, 1.165) is 0 Å². The molecule has 2 rings (SSSR count). The molecule has 1 aliphatic rings. The number of benzene rings is 1. The van der Waals surface area contributed by atoms with Gasteiger partial charge in [-0.25, -0.2) is 0 Å². The van der Waals surface area contributed by atoms with Gasteiger partial charge in [0, 0.05) is 19.6 Å². The Labute approximate surface area is 116 Å². The average molecular weight is 285 g/mol. The summed E-state index contributed by atoms with van der Waals surface area (Å²) in [4.78, 5) is 12.0. The molecular weight excluding hydrogens is 268 g/mol. The van der Waals surface area contributed by atoms with Gasteiger partial charge in [-0.05, 0) is 19.1 Å². The van der Waals surface area contributed by atoms with Crippen LogP contribution in [0.25, 0.3) is 0 Å². The molecule has 1 heterocycles. The molecule has 1 aliphatic heterocycles. The van der Waals surface area contributed by atoms with E-state index in [-0.39, 0.29) is 23.6 Å². The summed E-state index contributed by atoms with van der Waals surface area (Å²) in [7, 11) is 0. The van der Waals surface area contributed by atoms with Gasteiger partial charge in [-0.3, -0.25) is 4.79 Å². The number of nitrogens with one attached hydrogen (secondary N) is 1. The van der Waals surface area contributed by atoms with Crippen molar-refractivity contribution in [1.82, 2.24) is 5.32 Å². The van der Waals surface area contributed by atoms with E-state index in [1.54, 1.807) is 25.1 Å². The quantitative estimate of drug-likeness (QED) is 0.728. The SMILES string of the molecule is CC1OCCC1(O)CNC(=O)c1cccc(N)c1Cl. The van der Waals surface area contributed by atoms with Crippen LogP contribution in [-0.4, -0.2) is 35.9 Å². The summed E-state index contributed by atoms with van der Waals surface area (Å²) in [5.74, 6) is -0.357. The van der Waals surface area contributed by atoms with Crippen molar-refractivity contribution < 1.29 is 14.6 Å². The number of aliphatic hydroxyl groups is 1. The molecule has 0 spiro atoms. The summed E-state index contributed by atoms with van der Waals surface area (Å²) < 4.78 is 5.30. The van der Waals surface area contributed by atoms with Crippen molar-refractivity contribution in [2.75, 3.05) is 18.9 Å². The Kier molecular flexibility index (Phi) is 3.99. The van der Waals surface area contributed by atoms with Gasteiger partial charge in [0.15, 0.2) is 0 Å². The van der Waals surface area contributed by atoms with Crippen LogP contribution in [0.15, 0.2) is 18.2 Å². The number of amides is 1. The first-order valence-corrected chi connectivity index (χ1v) is 6.48. The summed E-state index contributed by atoms with van der Waals surface area (Å²) in [5.41, 5.74) is 5.27. The number of halogens is 1. The van der Waals surface area contributed by atoms with Crippen LogP contribution in [-0.2, 0) is 4.74 Å².